The standard InChI is InChI=1S/C18H16N2O5/c1-10-3-5-11(6-4-10)14-15(16(21)17(22)23)20-9-12(18(24)25-2)7-8-13(20)19-14/h3-9,16,21H,1-2H3,(H,22,23). The fourth-order valence-electron chi connectivity index (χ4n) is 2.60. The normalized spacial score (nSPS) is 12.1. The Morgan fingerprint density at radius 1 is 1.16 bits per heavy atom. The molecule has 128 valence electrons. The highest BCUT2D eigenvalue weighted by atomic mass is 16.5. The maximum Gasteiger partial charge on any atom is 0.339 e. The van der Waals surface area contributed by atoms with E-state index in [-0.39, 0.29) is 11.3 Å². The smallest absolute Gasteiger partial charge is 0.339 e. The first-order chi connectivity index (χ1) is 11.9. The minimum Gasteiger partial charge on any atom is -0.479 e. The quantitative estimate of drug-likeness (QED) is 0.706. The molecule has 0 bridgehead atoms. The van der Waals surface area contributed by atoms with Crippen molar-refractivity contribution in [3.05, 3.63) is 59.4 Å². The van der Waals surface area contributed by atoms with Crippen LogP contribution in [-0.2, 0) is 9.53 Å². The Balaban J connectivity index is 2.28. The molecule has 7 nitrogen and oxygen atoms in total. The predicted molar refractivity (Wildman–Crippen MR) is 89.3 cm³/mol. The van der Waals surface area contributed by atoms with Crippen LogP contribution in [-0.4, -0.2) is 38.6 Å². The summed E-state index contributed by atoms with van der Waals surface area (Å²) in [4.78, 5) is 27.6. The number of aromatic nitrogens is 2. The fourth-order valence-corrected chi connectivity index (χ4v) is 2.60. The summed E-state index contributed by atoms with van der Waals surface area (Å²) in [7, 11) is 1.26. The number of esters is 1. The van der Waals surface area contributed by atoms with Crippen molar-refractivity contribution in [3.63, 3.8) is 0 Å². The van der Waals surface area contributed by atoms with Crippen molar-refractivity contribution in [1.82, 2.24) is 9.38 Å². The number of nitrogens with zero attached hydrogens (tertiary/aromatic N) is 2. The second kappa shape index (κ2) is 6.37. The lowest BCUT2D eigenvalue weighted by molar-refractivity contribution is -0.147. The molecule has 0 fully saturated rings. The van der Waals surface area contributed by atoms with E-state index in [0.29, 0.717) is 16.9 Å². The highest BCUT2D eigenvalue weighted by Crippen LogP contribution is 2.30. The van der Waals surface area contributed by atoms with Crippen LogP contribution in [0, 0.1) is 6.92 Å². The number of carbonyl (C=O) groups excluding carboxylic acids is 1. The molecule has 7 heteroatoms. The first-order valence-corrected chi connectivity index (χ1v) is 7.50. The van der Waals surface area contributed by atoms with Gasteiger partial charge in [-0.15, -0.1) is 0 Å². The summed E-state index contributed by atoms with van der Waals surface area (Å²) in [5, 5.41) is 19.5. The van der Waals surface area contributed by atoms with E-state index in [0.717, 1.165) is 5.56 Å². The van der Waals surface area contributed by atoms with Gasteiger partial charge in [-0.05, 0) is 19.1 Å². The van der Waals surface area contributed by atoms with E-state index in [1.54, 1.807) is 18.2 Å². The van der Waals surface area contributed by atoms with Gasteiger partial charge in [-0.1, -0.05) is 29.8 Å². The van der Waals surface area contributed by atoms with Crippen LogP contribution in [0.2, 0.25) is 0 Å². The number of aryl methyl sites for hydroxylation is 1. The van der Waals surface area contributed by atoms with Crippen molar-refractivity contribution in [2.45, 2.75) is 13.0 Å². The fraction of sp³-hybridized carbons (Fsp3) is 0.167. The number of hydrogen-bond acceptors (Lipinski definition) is 5. The van der Waals surface area contributed by atoms with Crippen molar-refractivity contribution in [1.29, 1.82) is 0 Å². The van der Waals surface area contributed by atoms with Gasteiger partial charge in [0.2, 0.25) is 0 Å². The van der Waals surface area contributed by atoms with Crippen LogP contribution < -0.4 is 0 Å². The summed E-state index contributed by atoms with van der Waals surface area (Å²) >= 11 is 0. The summed E-state index contributed by atoms with van der Waals surface area (Å²) in [6.45, 7) is 1.93. The molecule has 1 atom stereocenters. The molecule has 25 heavy (non-hydrogen) atoms. The van der Waals surface area contributed by atoms with E-state index < -0.39 is 18.0 Å². The highest BCUT2D eigenvalue weighted by molar-refractivity contribution is 5.89. The molecular weight excluding hydrogens is 324 g/mol. The zero-order valence-electron chi connectivity index (χ0n) is 13.6. The lowest BCUT2D eigenvalue weighted by atomic mass is 10.1. The molecule has 0 radical (unpaired) electrons. The molecule has 3 aromatic rings. The zero-order chi connectivity index (χ0) is 18.1. The minimum atomic E-state index is -1.79. The maximum atomic E-state index is 11.8. The van der Waals surface area contributed by atoms with Gasteiger partial charge >= 0.3 is 11.9 Å². The number of carboxylic acid groups (broad SMARTS) is 1. The highest BCUT2D eigenvalue weighted by Gasteiger charge is 2.26. The average molecular weight is 340 g/mol. The summed E-state index contributed by atoms with van der Waals surface area (Å²) in [6, 6.07) is 10.4. The Morgan fingerprint density at radius 3 is 2.44 bits per heavy atom. The van der Waals surface area contributed by atoms with Gasteiger partial charge in [0.1, 0.15) is 5.65 Å². The molecule has 0 aliphatic carbocycles. The van der Waals surface area contributed by atoms with Gasteiger partial charge in [-0.3, -0.25) is 4.40 Å². The molecule has 0 spiro atoms. The Labute approximate surface area is 143 Å². The van der Waals surface area contributed by atoms with Gasteiger partial charge in [-0.25, -0.2) is 14.6 Å². The van der Waals surface area contributed by atoms with E-state index in [9.17, 15) is 19.8 Å². The van der Waals surface area contributed by atoms with Crippen LogP contribution in [0.15, 0.2) is 42.6 Å². The lowest BCUT2D eigenvalue weighted by Gasteiger charge is -2.09. The SMILES string of the molecule is COC(=O)c1ccc2nc(-c3ccc(C)cc3)c(C(O)C(=O)O)n2c1. The van der Waals surface area contributed by atoms with Crippen LogP contribution >= 0.6 is 0 Å². The first-order valence-electron chi connectivity index (χ1n) is 7.50. The summed E-state index contributed by atoms with van der Waals surface area (Å²) in [5.74, 6) is -1.97. The van der Waals surface area contributed by atoms with Crippen LogP contribution in [0.25, 0.3) is 16.9 Å². The number of pyridine rings is 1. The molecule has 1 aromatic carbocycles. The van der Waals surface area contributed by atoms with Gasteiger partial charge in [-0.2, -0.15) is 0 Å². The van der Waals surface area contributed by atoms with E-state index in [1.165, 1.54) is 23.8 Å². The largest absolute Gasteiger partial charge is 0.479 e. The first kappa shape index (κ1) is 16.7. The number of fused-ring (bicyclic) bond motifs is 1. The monoisotopic (exact) mass is 340 g/mol. The number of aliphatic carboxylic acids is 1. The summed E-state index contributed by atoms with van der Waals surface area (Å²) < 4.78 is 6.09. The number of aliphatic hydroxyl groups excluding tert-OH is 1. The number of imidazole rings is 1. The molecule has 0 saturated heterocycles. The molecule has 2 N–H and O–H groups in total. The predicted octanol–water partition coefficient (Wildman–Crippen LogP) is 2.21. The van der Waals surface area contributed by atoms with Crippen molar-refractivity contribution < 1.29 is 24.5 Å². The van der Waals surface area contributed by atoms with E-state index in [1.807, 2.05) is 19.1 Å². The van der Waals surface area contributed by atoms with Crippen molar-refractivity contribution in [2.75, 3.05) is 7.11 Å². The molecule has 1 unspecified atom stereocenters. The molecule has 0 amide bonds. The third-order valence-electron chi connectivity index (χ3n) is 3.89. The van der Waals surface area contributed by atoms with Crippen molar-refractivity contribution >= 4 is 17.6 Å². The second-order valence-corrected chi connectivity index (χ2v) is 5.59. The number of carbonyl (C=O) groups is 2. The Morgan fingerprint density at radius 2 is 1.84 bits per heavy atom. The van der Waals surface area contributed by atoms with Crippen LogP contribution in [0.1, 0.15) is 27.7 Å². The van der Waals surface area contributed by atoms with Gasteiger partial charge < -0.3 is 14.9 Å². The molecule has 0 saturated carbocycles. The van der Waals surface area contributed by atoms with Crippen LogP contribution in [0.3, 0.4) is 0 Å². The van der Waals surface area contributed by atoms with Crippen LogP contribution in [0.4, 0.5) is 0 Å². The number of ether oxygens (including phenoxy) is 1. The van der Waals surface area contributed by atoms with E-state index in [2.05, 4.69) is 9.72 Å². The molecule has 0 aliphatic heterocycles. The van der Waals surface area contributed by atoms with Crippen LogP contribution in [0.5, 0.6) is 0 Å². The number of carboxylic acids is 1. The zero-order valence-corrected chi connectivity index (χ0v) is 13.6. The van der Waals surface area contributed by atoms with Gasteiger partial charge in [0.25, 0.3) is 0 Å². The minimum absolute atomic E-state index is 0.0807. The lowest BCUT2D eigenvalue weighted by Crippen LogP contribution is -2.14. The third kappa shape index (κ3) is 2.97. The molecule has 2 aromatic heterocycles. The van der Waals surface area contributed by atoms with E-state index in [4.69, 9.17) is 0 Å². The third-order valence-corrected chi connectivity index (χ3v) is 3.89. The van der Waals surface area contributed by atoms with Gasteiger partial charge in [0.05, 0.1) is 24.1 Å². The van der Waals surface area contributed by atoms with Gasteiger partial charge in [0.15, 0.2) is 6.10 Å². The number of rotatable bonds is 4. The summed E-state index contributed by atoms with van der Waals surface area (Å²) in [6.07, 6.45) is -0.382. The number of aliphatic hydroxyl groups is 1. The number of hydrogen-bond donors (Lipinski definition) is 2. The summed E-state index contributed by atoms with van der Waals surface area (Å²) in [5.41, 5.74) is 2.78. The molecular formula is C18H16N2O5. The van der Waals surface area contributed by atoms with Gasteiger partial charge in [0, 0.05) is 11.8 Å². The van der Waals surface area contributed by atoms with Crippen molar-refractivity contribution in [3.8, 4) is 11.3 Å². The Kier molecular flexibility index (Phi) is 4.24. The van der Waals surface area contributed by atoms with E-state index >= 15 is 0 Å². The topological polar surface area (TPSA) is 101 Å². The second-order valence-electron chi connectivity index (χ2n) is 5.59. The van der Waals surface area contributed by atoms with Crippen molar-refractivity contribution in [2.24, 2.45) is 0 Å². The average Bonchev–Trinajstić information content (AvgIpc) is 2.99. The number of methoxy groups -OCH3 is 1. The number of benzene rings is 1. The molecule has 3 rings (SSSR count). The maximum absolute atomic E-state index is 11.8. The Bertz CT molecular complexity index is 960. The Hall–Kier alpha value is -3.19. The molecule has 0 aliphatic rings. The molecule has 2 heterocycles.